The fraction of sp³-hybridized carbons (Fsp3) is 0.0909. The van der Waals surface area contributed by atoms with Crippen LogP contribution in [0.1, 0.15) is 5.56 Å². The number of rotatable bonds is 1. The fourth-order valence-electron chi connectivity index (χ4n) is 1.33. The van der Waals surface area contributed by atoms with Gasteiger partial charge in [0.2, 0.25) is 0 Å². The topological polar surface area (TPSA) is 51.8 Å². The third kappa shape index (κ3) is 1.57. The Kier molecular flexibility index (Phi) is 2.14. The molecule has 1 aromatic heterocycles. The van der Waals surface area contributed by atoms with E-state index < -0.39 is 0 Å². The first-order chi connectivity index (χ1) is 6.77. The van der Waals surface area contributed by atoms with E-state index in [0.29, 0.717) is 0 Å². The van der Waals surface area contributed by atoms with Crippen LogP contribution in [-0.4, -0.2) is 9.97 Å². The zero-order chi connectivity index (χ0) is 9.97. The average molecular weight is 185 g/mol. The van der Waals surface area contributed by atoms with Crippen molar-refractivity contribution in [2.45, 2.75) is 6.92 Å². The quantitative estimate of drug-likeness (QED) is 0.691. The number of nitrogens with two attached hydrogens (primary N) is 1. The largest absolute Gasteiger partial charge is 0.398 e. The van der Waals surface area contributed by atoms with Crippen molar-refractivity contribution in [2.24, 2.45) is 0 Å². The molecule has 0 saturated carbocycles. The molecule has 0 unspecified atom stereocenters. The molecule has 0 radical (unpaired) electrons. The van der Waals surface area contributed by atoms with Gasteiger partial charge in [-0.05, 0) is 19.1 Å². The second kappa shape index (κ2) is 3.46. The summed E-state index contributed by atoms with van der Waals surface area (Å²) >= 11 is 0. The number of anilines is 1. The van der Waals surface area contributed by atoms with E-state index in [0.717, 1.165) is 16.9 Å². The smallest absolute Gasteiger partial charge is 0.0905 e. The molecule has 0 aliphatic carbocycles. The lowest BCUT2D eigenvalue weighted by molar-refractivity contribution is 1.20. The van der Waals surface area contributed by atoms with Crippen molar-refractivity contribution in [3.05, 3.63) is 42.4 Å². The SMILES string of the molecule is Cc1ccc(N)c(-c2cnccn2)c1. The molecular weight excluding hydrogens is 174 g/mol. The third-order valence-corrected chi connectivity index (χ3v) is 2.05. The first-order valence-electron chi connectivity index (χ1n) is 4.40. The molecule has 0 bridgehead atoms. The highest BCUT2D eigenvalue weighted by atomic mass is 14.8. The van der Waals surface area contributed by atoms with Crippen molar-refractivity contribution in [1.82, 2.24) is 9.97 Å². The zero-order valence-electron chi connectivity index (χ0n) is 7.94. The summed E-state index contributed by atoms with van der Waals surface area (Å²) in [6.07, 6.45) is 5.03. The Labute approximate surface area is 82.6 Å². The van der Waals surface area contributed by atoms with Crippen molar-refractivity contribution in [3.63, 3.8) is 0 Å². The maximum atomic E-state index is 5.85. The Morgan fingerprint density at radius 1 is 1.21 bits per heavy atom. The van der Waals surface area contributed by atoms with Gasteiger partial charge < -0.3 is 5.73 Å². The van der Waals surface area contributed by atoms with Gasteiger partial charge in [0, 0.05) is 23.6 Å². The number of aryl methyl sites for hydroxylation is 1. The molecule has 1 heterocycles. The van der Waals surface area contributed by atoms with Crippen LogP contribution in [0, 0.1) is 6.92 Å². The maximum Gasteiger partial charge on any atom is 0.0905 e. The van der Waals surface area contributed by atoms with Crippen LogP contribution in [0.15, 0.2) is 36.8 Å². The second-order valence-corrected chi connectivity index (χ2v) is 3.18. The van der Waals surface area contributed by atoms with E-state index in [9.17, 15) is 0 Å². The summed E-state index contributed by atoms with van der Waals surface area (Å²) < 4.78 is 0. The summed E-state index contributed by atoms with van der Waals surface area (Å²) in [7, 11) is 0. The molecule has 2 rings (SSSR count). The summed E-state index contributed by atoms with van der Waals surface area (Å²) in [6, 6.07) is 5.88. The van der Waals surface area contributed by atoms with Crippen molar-refractivity contribution < 1.29 is 0 Å². The van der Waals surface area contributed by atoms with Gasteiger partial charge in [0.15, 0.2) is 0 Å². The minimum Gasteiger partial charge on any atom is -0.398 e. The Morgan fingerprint density at radius 3 is 2.79 bits per heavy atom. The maximum absolute atomic E-state index is 5.85. The van der Waals surface area contributed by atoms with Crippen LogP contribution in [0.4, 0.5) is 5.69 Å². The minimum absolute atomic E-state index is 0.733. The molecule has 2 N–H and O–H groups in total. The molecule has 0 atom stereocenters. The van der Waals surface area contributed by atoms with E-state index in [1.54, 1.807) is 18.6 Å². The van der Waals surface area contributed by atoms with Gasteiger partial charge in [0.25, 0.3) is 0 Å². The predicted molar refractivity (Wildman–Crippen MR) is 56.6 cm³/mol. The normalized spacial score (nSPS) is 10.1. The van der Waals surface area contributed by atoms with Gasteiger partial charge in [-0.1, -0.05) is 11.6 Å². The Morgan fingerprint density at radius 2 is 2.07 bits per heavy atom. The van der Waals surface area contributed by atoms with Gasteiger partial charge in [-0.2, -0.15) is 0 Å². The third-order valence-electron chi connectivity index (χ3n) is 2.05. The minimum atomic E-state index is 0.733. The molecule has 0 spiro atoms. The summed E-state index contributed by atoms with van der Waals surface area (Å²) in [5.74, 6) is 0. The van der Waals surface area contributed by atoms with Gasteiger partial charge >= 0.3 is 0 Å². The number of hydrogen-bond donors (Lipinski definition) is 1. The van der Waals surface area contributed by atoms with Crippen LogP contribution in [0.3, 0.4) is 0 Å². The molecule has 0 saturated heterocycles. The lowest BCUT2D eigenvalue weighted by Gasteiger charge is -2.04. The van der Waals surface area contributed by atoms with E-state index in [2.05, 4.69) is 9.97 Å². The van der Waals surface area contributed by atoms with Crippen LogP contribution >= 0.6 is 0 Å². The van der Waals surface area contributed by atoms with Gasteiger partial charge in [-0.15, -0.1) is 0 Å². The fourth-order valence-corrected chi connectivity index (χ4v) is 1.33. The first-order valence-corrected chi connectivity index (χ1v) is 4.40. The van der Waals surface area contributed by atoms with Crippen molar-refractivity contribution in [3.8, 4) is 11.3 Å². The molecule has 1 aromatic carbocycles. The highest BCUT2D eigenvalue weighted by Gasteiger charge is 2.03. The van der Waals surface area contributed by atoms with E-state index in [-0.39, 0.29) is 0 Å². The summed E-state index contributed by atoms with van der Waals surface area (Å²) in [4.78, 5) is 8.22. The van der Waals surface area contributed by atoms with Gasteiger partial charge in [-0.3, -0.25) is 9.97 Å². The first kappa shape index (κ1) is 8.69. The molecule has 0 amide bonds. The van der Waals surface area contributed by atoms with E-state index in [1.165, 1.54) is 5.56 Å². The number of hydrogen-bond acceptors (Lipinski definition) is 3. The van der Waals surface area contributed by atoms with Gasteiger partial charge in [0.05, 0.1) is 11.9 Å². The summed E-state index contributed by atoms with van der Waals surface area (Å²) in [5.41, 5.74) is 9.51. The molecule has 0 aliphatic heterocycles. The Bertz CT molecular complexity index is 438. The molecular formula is C11H11N3. The van der Waals surface area contributed by atoms with Crippen LogP contribution in [0.5, 0.6) is 0 Å². The molecule has 3 heteroatoms. The monoisotopic (exact) mass is 185 g/mol. The lowest BCUT2D eigenvalue weighted by atomic mass is 10.1. The van der Waals surface area contributed by atoms with E-state index in [1.807, 2.05) is 25.1 Å². The second-order valence-electron chi connectivity index (χ2n) is 3.18. The number of aromatic nitrogens is 2. The van der Waals surface area contributed by atoms with Crippen molar-refractivity contribution in [2.75, 3.05) is 5.73 Å². The molecule has 2 aromatic rings. The van der Waals surface area contributed by atoms with Gasteiger partial charge in [-0.25, -0.2) is 0 Å². The van der Waals surface area contributed by atoms with Crippen LogP contribution < -0.4 is 5.73 Å². The molecule has 14 heavy (non-hydrogen) atoms. The van der Waals surface area contributed by atoms with Crippen LogP contribution in [-0.2, 0) is 0 Å². The number of benzene rings is 1. The molecule has 0 fully saturated rings. The lowest BCUT2D eigenvalue weighted by Crippen LogP contribution is -1.92. The van der Waals surface area contributed by atoms with Crippen LogP contribution in [0.25, 0.3) is 11.3 Å². The Hall–Kier alpha value is -1.90. The summed E-state index contributed by atoms with van der Waals surface area (Å²) in [6.45, 7) is 2.03. The predicted octanol–water partition coefficient (Wildman–Crippen LogP) is 2.03. The highest BCUT2D eigenvalue weighted by Crippen LogP contribution is 2.23. The number of nitrogen functional groups attached to an aromatic ring is 1. The zero-order valence-corrected chi connectivity index (χ0v) is 7.94. The summed E-state index contributed by atoms with van der Waals surface area (Å²) in [5, 5.41) is 0. The van der Waals surface area contributed by atoms with Crippen LogP contribution in [0.2, 0.25) is 0 Å². The standard InChI is InChI=1S/C11H11N3/c1-8-2-3-10(12)9(6-8)11-7-13-4-5-14-11/h2-7H,12H2,1H3. The molecule has 0 aliphatic rings. The Balaban J connectivity index is 2.57. The van der Waals surface area contributed by atoms with Gasteiger partial charge in [0.1, 0.15) is 0 Å². The molecule has 3 nitrogen and oxygen atoms in total. The van der Waals surface area contributed by atoms with Crippen molar-refractivity contribution in [1.29, 1.82) is 0 Å². The van der Waals surface area contributed by atoms with E-state index >= 15 is 0 Å². The van der Waals surface area contributed by atoms with Crippen molar-refractivity contribution >= 4 is 5.69 Å². The average Bonchev–Trinajstić information content (AvgIpc) is 2.23. The number of nitrogens with zero attached hydrogens (tertiary/aromatic N) is 2. The highest BCUT2D eigenvalue weighted by molar-refractivity contribution is 5.73. The van der Waals surface area contributed by atoms with E-state index in [4.69, 9.17) is 5.73 Å². The molecule has 70 valence electrons.